The normalized spacial score (nSPS) is 14.8. The van der Waals surface area contributed by atoms with E-state index in [0.717, 1.165) is 16.5 Å². The molecule has 2 rings (SSSR count). The molecular weight excluding hydrogens is 232 g/mol. The van der Waals surface area contributed by atoms with Crippen molar-refractivity contribution in [2.24, 2.45) is 7.05 Å². The van der Waals surface area contributed by atoms with Gasteiger partial charge in [0.2, 0.25) is 0 Å². The Balaban J connectivity index is 2.04. The predicted octanol–water partition coefficient (Wildman–Crippen LogP) is 2.60. The number of hydrogen-bond acceptors (Lipinski definition) is 4. The molecule has 2 aromatic heterocycles. The third-order valence-electron chi connectivity index (χ3n) is 2.75. The molecule has 0 aliphatic heterocycles. The number of hydrogen-bond donors (Lipinski definition) is 1. The van der Waals surface area contributed by atoms with E-state index in [1.807, 2.05) is 30.9 Å². The van der Waals surface area contributed by atoms with Crippen LogP contribution in [-0.4, -0.2) is 14.5 Å². The number of aromatic nitrogens is 3. The van der Waals surface area contributed by atoms with Crippen molar-refractivity contribution < 1.29 is 0 Å². The van der Waals surface area contributed by atoms with Gasteiger partial charge in [-0.05, 0) is 20.8 Å². The molecule has 0 amide bonds. The number of imidazole rings is 1. The SMILES string of the molecule is Cc1csc(C(C)NC(C)c2nccn2C)n1. The maximum Gasteiger partial charge on any atom is 0.125 e. The number of thiazole rings is 1. The molecule has 1 N–H and O–H groups in total. The van der Waals surface area contributed by atoms with Crippen LogP contribution in [0.25, 0.3) is 0 Å². The molecule has 17 heavy (non-hydrogen) atoms. The van der Waals surface area contributed by atoms with Crippen molar-refractivity contribution in [3.05, 3.63) is 34.3 Å². The lowest BCUT2D eigenvalue weighted by molar-refractivity contribution is 0.465. The van der Waals surface area contributed by atoms with Crippen LogP contribution < -0.4 is 5.32 Å². The van der Waals surface area contributed by atoms with Gasteiger partial charge in [0.05, 0.1) is 12.1 Å². The maximum atomic E-state index is 4.50. The molecule has 0 radical (unpaired) electrons. The quantitative estimate of drug-likeness (QED) is 0.907. The second kappa shape index (κ2) is 4.98. The molecule has 2 atom stereocenters. The van der Waals surface area contributed by atoms with Gasteiger partial charge >= 0.3 is 0 Å². The highest BCUT2D eigenvalue weighted by atomic mass is 32.1. The zero-order valence-corrected chi connectivity index (χ0v) is 11.5. The molecule has 2 unspecified atom stereocenters. The van der Waals surface area contributed by atoms with E-state index in [0.29, 0.717) is 0 Å². The lowest BCUT2D eigenvalue weighted by atomic mass is 10.2. The summed E-state index contributed by atoms with van der Waals surface area (Å²) in [6.45, 7) is 6.28. The molecule has 4 nitrogen and oxygen atoms in total. The fourth-order valence-corrected chi connectivity index (χ4v) is 2.70. The average molecular weight is 250 g/mol. The van der Waals surface area contributed by atoms with Crippen LogP contribution in [0.3, 0.4) is 0 Å². The smallest absolute Gasteiger partial charge is 0.125 e. The van der Waals surface area contributed by atoms with Gasteiger partial charge in [0.1, 0.15) is 10.8 Å². The second-order valence-electron chi connectivity index (χ2n) is 4.33. The van der Waals surface area contributed by atoms with Crippen molar-refractivity contribution in [1.82, 2.24) is 19.9 Å². The molecule has 0 bridgehead atoms. The fraction of sp³-hybridized carbons (Fsp3) is 0.500. The van der Waals surface area contributed by atoms with Crippen LogP contribution in [0, 0.1) is 6.92 Å². The Kier molecular flexibility index (Phi) is 3.59. The summed E-state index contributed by atoms with van der Waals surface area (Å²) >= 11 is 1.70. The number of aryl methyl sites for hydroxylation is 2. The Bertz CT molecular complexity index is 488. The van der Waals surface area contributed by atoms with Gasteiger partial charge in [0.15, 0.2) is 0 Å². The summed E-state index contributed by atoms with van der Waals surface area (Å²) < 4.78 is 2.04. The highest BCUT2D eigenvalue weighted by Gasteiger charge is 2.16. The first-order valence-electron chi connectivity index (χ1n) is 5.73. The van der Waals surface area contributed by atoms with E-state index in [1.54, 1.807) is 11.3 Å². The Hall–Kier alpha value is -1.20. The van der Waals surface area contributed by atoms with E-state index in [4.69, 9.17) is 0 Å². The van der Waals surface area contributed by atoms with Crippen LogP contribution in [0.15, 0.2) is 17.8 Å². The van der Waals surface area contributed by atoms with Crippen LogP contribution in [0.1, 0.15) is 42.5 Å². The summed E-state index contributed by atoms with van der Waals surface area (Å²) in [5, 5.41) is 6.73. The highest BCUT2D eigenvalue weighted by Crippen LogP contribution is 2.21. The predicted molar refractivity (Wildman–Crippen MR) is 70.0 cm³/mol. The first-order chi connectivity index (χ1) is 8.08. The van der Waals surface area contributed by atoms with Crippen LogP contribution in [0.2, 0.25) is 0 Å². The molecule has 0 aliphatic rings. The van der Waals surface area contributed by atoms with Gasteiger partial charge in [-0.3, -0.25) is 5.32 Å². The van der Waals surface area contributed by atoms with Crippen molar-refractivity contribution in [2.75, 3.05) is 0 Å². The van der Waals surface area contributed by atoms with E-state index >= 15 is 0 Å². The molecular formula is C12H18N4S. The van der Waals surface area contributed by atoms with E-state index in [1.165, 1.54) is 0 Å². The maximum absolute atomic E-state index is 4.50. The second-order valence-corrected chi connectivity index (χ2v) is 5.22. The van der Waals surface area contributed by atoms with Crippen LogP contribution in [0.5, 0.6) is 0 Å². The number of nitrogens with one attached hydrogen (secondary N) is 1. The van der Waals surface area contributed by atoms with Crippen LogP contribution in [0.4, 0.5) is 0 Å². The molecule has 2 heterocycles. The molecule has 0 saturated carbocycles. The highest BCUT2D eigenvalue weighted by molar-refractivity contribution is 7.09. The van der Waals surface area contributed by atoms with Gasteiger partial charge in [-0.1, -0.05) is 0 Å². The first-order valence-corrected chi connectivity index (χ1v) is 6.61. The summed E-state index contributed by atoms with van der Waals surface area (Å²) in [7, 11) is 2.01. The molecule has 92 valence electrons. The van der Waals surface area contributed by atoms with Crippen molar-refractivity contribution >= 4 is 11.3 Å². The Morgan fingerprint density at radius 2 is 2.12 bits per heavy atom. The molecule has 0 spiro atoms. The van der Waals surface area contributed by atoms with Gasteiger partial charge in [-0.15, -0.1) is 11.3 Å². The molecule has 5 heteroatoms. The van der Waals surface area contributed by atoms with Gasteiger partial charge in [-0.2, -0.15) is 0 Å². The molecule has 2 aromatic rings. The fourth-order valence-electron chi connectivity index (χ4n) is 1.89. The van der Waals surface area contributed by atoms with E-state index in [-0.39, 0.29) is 12.1 Å². The lowest BCUT2D eigenvalue weighted by Crippen LogP contribution is -2.24. The summed E-state index contributed by atoms with van der Waals surface area (Å²) in [5.74, 6) is 1.05. The molecule has 0 saturated heterocycles. The average Bonchev–Trinajstić information content (AvgIpc) is 2.86. The zero-order valence-electron chi connectivity index (χ0n) is 10.6. The number of rotatable bonds is 4. The van der Waals surface area contributed by atoms with Gasteiger partial charge in [0, 0.05) is 30.5 Å². The summed E-state index contributed by atoms with van der Waals surface area (Å²) in [6.07, 6.45) is 3.79. The molecule has 0 aromatic carbocycles. The van der Waals surface area contributed by atoms with E-state index < -0.39 is 0 Å². The third-order valence-corrected chi connectivity index (χ3v) is 3.90. The van der Waals surface area contributed by atoms with Crippen LogP contribution >= 0.6 is 11.3 Å². The molecule has 0 fully saturated rings. The van der Waals surface area contributed by atoms with Crippen molar-refractivity contribution in [1.29, 1.82) is 0 Å². The van der Waals surface area contributed by atoms with Crippen molar-refractivity contribution in [3.63, 3.8) is 0 Å². The van der Waals surface area contributed by atoms with E-state index in [9.17, 15) is 0 Å². The Labute approximate surface area is 106 Å². The minimum absolute atomic E-state index is 0.217. The van der Waals surface area contributed by atoms with Crippen molar-refractivity contribution in [3.8, 4) is 0 Å². The first kappa shape index (κ1) is 12.3. The minimum Gasteiger partial charge on any atom is -0.337 e. The van der Waals surface area contributed by atoms with Crippen LogP contribution in [-0.2, 0) is 7.05 Å². The summed E-state index contributed by atoms with van der Waals surface area (Å²) in [5.41, 5.74) is 1.09. The van der Waals surface area contributed by atoms with Crippen molar-refractivity contribution in [2.45, 2.75) is 32.9 Å². The zero-order chi connectivity index (χ0) is 12.4. The third kappa shape index (κ3) is 2.73. The van der Waals surface area contributed by atoms with Gasteiger partial charge in [0.25, 0.3) is 0 Å². The minimum atomic E-state index is 0.217. The largest absolute Gasteiger partial charge is 0.337 e. The Morgan fingerprint density at radius 1 is 1.35 bits per heavy atom. The van der Waals surface area contributed by atoms with E-state index in [2.05, 4.69) is 34.5 Å². The monoisotopic (exact) mass is 250 g/mol. The molecule has 0 aliphatic carbocycles. The number of nitrogens with zero attached hydrogens (tertiary/aromatic N) is 3. The summed E-state index contributed by atoms with van der Waals surface area (Å²) in [6, 6.07) is 0.467. The standard InChI is InChI=1S/C12H18N4S/c1-8-7-17-12(14-8)10(3)15-9(2)11-13-5-6-16(11)4/h5-7,9-10,15H,1-4H3. The summed E-state index contributed by atoms with van der Waals surface area (Å²) in [4.78, 5) is 8.85. The lowest BCUT2D eigenvalue weighted by Gasteiger charge is -2.18. The topological polar surface area (TPSA) is 42.7 Å². The van der Waals surface area contributed by atoms with Gasteiger partial charge < -0.3 is 4.57 Å². The Morgan fingerprint density at radius 3 is 2.65 bits per heavy atom. The van der Waals surface area contributed by atoms with Gasteiger partial charge in [-0.25, -0.2) is 9.97 Å².